The van der Waals surface area contributed by atoms with Crippen LogP contribution < -0.4 is 4.72 Å². The first-order valence-electron chi connectivity index (χ1n) is 5.88. The van der Waals surface area contributed by atoms with Gasteiger partial charge in [0, 0.05) is 4.47 Å². The van der Waals surface area contributed by atoms with Crippen molar-refractivity contribution in [2.24, 2.45) is 0 Å². The van der Waals surface area contributed by atoms with Crippen LogP contribution in [0.5, 0.6) is 5.75 Å². The lowest BCUT2D eigenvalue weighted by Crippen LogP contribution is -2.14. The van der Waals surface area contributed by atoms with Crippen molar-refractivity contribution < 1.29 is 13.5 Å². The quantitative estimate of drug-likeness (QED) is 0.827. The molecule has 0 saturated carbocycles. The third-order valence-electron chi connectivity index (χ3n) is 2.84. The largest absolute Gasteiger partial charge is 0.506 e. The molecule has 0 radical (unpaired) electrons. The number of aryl methyl sites for hydroxylation is 2. The van der Waals surface area contributed by atoms with E-state index in [1.54, 1.807) is 25.1 Å². The van der Waals surface area contributed by atoms with Crippen LogP contribution in [0.1, 0.15) is 11.1 Å². The van der Waals surface area contributed by atoms with Gasteiger partial charge in [0.25, 0.3) is 10.0 Å². The first-order valence-corrected chi connectivity index (χ1v) is 8.16. The summed E-state index contributed by atoms with van der Waals surface area (Å²) < 4.78 is 27.8. The summed E-state index contributed by atoms with van der Waals surface area (Å²) in [6, 6.07) is 9.79. The number of benzene rings is 2. The SMILES string of the molecule is Cc1ccc(NS(=O)(=O)c2cc(Br)ccc2C)c(O)c1. The number of anilines is 1. The first kappa shape index (κ1) is 14.9. The van der Waals surface area contributed by atoms with Crippen LogP contribution in [-0.2, 0) is 10.0 Å². The van der Waals surface area contributed by atoms with E-state index in [1.165, 1.54) is 18.2 Å². The molecule has 0 aliphatic heterocycles. The molecule has 0 aromatic heterocycles. The monoisotopic (exact) mass is 355 g/mol. The van der Waals surface area contributed by atoms with E-state index in [9.17, 15) is 13.5 Å². The number of halogens is 1. The van der Waals surface area contributed by atoms with E-state index in [0.29, 0.717) is 10.0 Å². The van der Waals surface area contributed by atoms with Gasteiger partial charge in [-0.05, 0) is 49.2 Å². The summed E-state index contributed by atoms with van der Waals surface area (Å²) in [6.45, 7) is 3.53. The molecule has 2 aromatic rings. The molecule has 0 aliphatic carbocycles. The Morgan fingerprint density at radius 3 is 2.45 bits per heavy atom. The lowest BCUT2D eigenvalue weighted by atomic mass is 10.2. The van der Waals surface area contributed by atoms with Crippen molar-refractivity contribution in [2.45, 2.75) is 18.7 Å². The molecule has 0 bridgehead atoms. The topological polar surface area (TPSA) is 66.4 Å². The van der Waals surface area contributed by atoms with Gasteiger partial charge in [-0.1, -0.05) is 28.1 Å². The second-order valence-electron chi connectivity index (χ2n) is 4.54. The number of sulfonamides is 1. The minimum absolute atomic E-state index is 0.0961. The molecule has 0 fully saturated rings. The third kappa shape index (κ3) is 3.13. The fourth-order valence-corrected chi connectivity index (χ4v) is 3.65. The Bertz CT molecular complexity index is 757. The molecule has 2 rings (SSSR count). The highest BCUT2D eigenvalue weighted by atomic mass is 79.9. The highest BCUT2D eigenvalue weighted by Crippen LogP contribution is 2.28. The minimum Gasteiger partial charge on any atom is -0.506 e. The van der Waals surface area contributed by atoms with Crippen LogP contribution in [0.25, 0.3) is 0 Å². The maximum Gasteiger partial charge on any atom is 0.262 e. The Kier molecular flexibility index (Phi) is 4.06. The first-order chi connectivity index (χ1) is 9.29. The second-order valence-corrected chi connectivity index (χ2v) is 7.10. The molecule has 0 atom stereocenters. The van der Waals surface area contributed by atoms with Crippen LogP contribution in [0, 0.1) is 13.8 Å². The number of aromatic hydroxyl groups is 1. The van der Waals surface area contributed by atoms with Gasteiger partial charge in [0.15, 0.2) is 0 Å². The Hall–Kier alpha value is -1.53. The zero-order valence-corrected chi connectivity index (χ0v) is 13.4. The molecule has 0 amide bonds. The Morgan fingerprint density at radius 2 is 1.80 bits per heavy atom. The van der Waals surface area contributed by atoms with Crippen LogP contribution >= 0.6 is 15.9 Å². The van der Waals surface area contributed by atoms with Gasteiger partial charge >= 0.3 is 0 Å². The smallest absolute Gasteiger partial charge is 0.262 e. The molecule has 4 nitrogen and oxygen atoms in total. The van der Waals surface area contributed by atoms with Gasteiger partial charge in [0.1, 0.15) is 5.75 Å². The molecule has 0 aliphatic rings. The van der Waals surface area contributed by atoms with Crippen molar-refractivity contribution in [2.75, 3.05) is 4.72 Å². The minimum atomic E-state index is -3.74. The summed E-state index contributed by atoms with van der Waals surface area (Å²) in [6.07, 6.45) is 0. The van der Waals surface area contributed by atoms with E-state index in [0.717, 1.165) is 5.56 Å². The highest BCUT2D eigenvalue weighted by Gasteiger charge is 2.18. The van der Waals surface area contributed by atoms with Gasteiger partial charge in [-0.15, -0.1) is 0 Å². The van der Waals surface area contributed by atoms with Gasteiger partial charge < -0.3 is 5.11 Å². The third-order valence-corrected chi connectivity index (χ3v) is 4.84. The fraction of sp³-hybridized carbons (Fsp3) is 0.143. The standard InChI is InChI=1S/C14H14BrNO3S/c1-9-3-6-12(13(17)7-9)16-20(18,19)14-8-11(15)5-4-10(14)2/h3-8,16-17H,1-2H3. The van der Waals surface area contributed by atoms with Gasteiger partial charge in [-0.3, -0.25) is 4.72 Å². The number of hydrogen-bond donors (Lipinski definition) is 2. The molecular formula is C14H14BrNO3S. The van der Waals surface area contributed by atoms with Gasteiger partial charge in [-0.25, -0.2) is 8.42 Å². The second kappa shape index (κ2) is 5.46. The average molecular weight is 356 g/mol. The van der Waals surface area contributed by atoms with E-state index in [2.05, 4.69) is 20.7 Å². The molecule has 0 spiro atoms. The van der Waals surface area contributed by atoms with E-state index < -0.39 is 10.0 Å². The Morgan fingerprint density at radius 1 is 1.10 bits per heavy atom. The molecule has 2 N–H and O–H groups in total. The average Bonchev–Trinajstić information content (AvgIpc) is 2.35. The van der Waals surface area contributed by atoms with E-state index in [-0.39, 0.29) is 16.3 Å². The summed E-state index contributed by atoms with van der Waals surface area (Å²) in [4.78, 5) is 0.173. The highest BCUT2D eigenvalue weighted by molar-refractivity contribution is 9.10. The molecule has 0 unspecified atom stereocenters. The van der Waals surface area contributed by atoms with Crippen LogP contribution in [0.15, 0.2) is 45.8 Å². The van der Waals surface area contributed by atoms with Crippen LogP contribution in [0.4, 0.5) is 5.69 Å². The van der Waals surface area contributed by atoms with Crippen LogP contribution in [-0.4, -0.2) is 13.5 Å². The zero-order chi connectivity index (χ0) is 14.9. The lowest BCUT2D eigenvalue weighted by Gasteiger charge is -2.12. The molecule has 106 valence electrons. The summed E-state index contributed by atoms with van der Waals surface area (Å²) in [7, 11) is -3.74. The van der Waals surface area contributed by atoms with Crippen molar-refractivity contribution >= 4 is 31.6 Å². The molecule has 0 saturated heterocycles. The van der Waals surface area contributed by atoms with Crippen molar-refractivity contribution in [3.8, 4) is 5.75 Å². The van der Waals surface area contributed by atoms with Crippen molar-refractivity contribution in [3.05, 3.63) is 52.0 Å². The Labute approximate surface area is 126 Å². The molecular weight excluding hydrogens is 342 g/mol. The summed E-state index contributed by atoms with van der Waals surface area (Å²) in [5, 5.41) is 9.79. The van der Waals surface area contributed by atoms with Crippen molar-refractivity contribution in [1.29, 1.82) is 0 Å². The molecule has 0 heterocycles. The number of phenols is 1. The number of hydrogen-bond acceptors (Lipinski definition) is 3. The van der Waals surface area contributed by atoms with Gasteiger partial charge in [-0.2, -0.15) is 0 Å². The Balaban J connectivity index is 2.43. The summed E-state index contributed by atoms with van der Waals surface area (Å²) in [5.74, 6) is -0.0961. The van der Waals surface area contributed by atoms with E-state index >= 15 is 0 Å². The predicted molar refractivity (Wildman–Crippen MR) is 82.5 cm³/mol. The number of phenolic OH excluding ortho intramolecular Hbond substituents is 1. The van der Waals surface area contributed by atoms with E-state index in [4.69, 9.17) is 0 Å². The summed E-state index contributed by atoms with van der Waals surface area (Å²) >= 11 is 3.26. The van der Waals surface area contributed by atoms with Crippen LogP contribution in [0.2, 0.25) is 0 Å². The van der Waals surface area contributed by atoms with Gasteiger partial charge in [0.05, 0.1) is 10.6 Å². The maximum absolute atomic E-state index is 12.4. The molecule has 2 aromatic carbocycles. The fourth-order valence-electron chi connectivity index (χ4n) is 1.79. The van der Waals surface area contributed by atoms with E-state index in [1.807, 2.05) is 6.92 Å². The van der Waals surface area contributed by atoms with Crippen molar-refractivity contribution in [3.63, 3.8) is 0 Å². The maximum atomic E-state index is 12.4. The normalized spacial score (nSPS) is 11.3. The lowest BCUT2D eigenvalue weighted by molar-refractivity contribution is 0.477. The number of rotatable bonds is 3. The zero-order valence-electron chi connectivity index (χ0n) is 11.0. The molecule has 20 heavy (non-hydrogen) atoms. The summed E-state index contributed by atoms with van der Waals surface area (Å²) in [5.41, 5.74) is 1.64. The van der Waals surface area contributed by atoms with Gasteiger partial charge in [0.2, 0.25) is 0 Å². The van der Waals surface area contributed by atoms with Crippen LogP contribution in [0.3, 0.4) is 0 Å². The predicted octanol–water partition coefficient (Wildman–Crippen LogP) is 3.57. The van der Waals surface area contributed by atoms with Crippen molar-refractivity contribution in [1.82, 2.24) is 0 Å². The molecule has 6 heteroatoms. The number of nitrogens with one attached hydrogen (secondary N) is 1.